The Kier molecular flexibility index (Phi) is 14.8. The van der Waals surface area contributed by atoms with Crippen molar-refractivity contribution in [2.24, 2.45) is 0 Å². The van der Waals surface area contributed by atoms with E-state index in [2.05, 4.69) is 77.9 Å². The van der Waals surface area contributed by atoms with E-state index in [1.54, 1.807) is 0 Å². The molecule has 2 aromatic carbocycles. The van der Waals surface area contributed by atoms with Gasteiger partial charge in [0, 0.05) is 16.5 Å². The molecule has 4 aromatic rings. The first-order valence-corrected chi connectivity index (χ1v) is 20.9. The highest BCUT2D eigenvalue weighted by atomic mass is 14.9. The van der Waals surface area contributed by atoms with Gasteiger partial charge >= 0.3 is 0 Å². The summed E-state index contributed by atoms with van der Waals surface area (Å²) in [6, 6.07) is 14.5. The molecule has 0 radical (unpaired) electrons. The minimum atomic E-state index is -0.132. The highest BCUT2D eigenvalue weighted by Crippen LogP contribution is 2.51. The number of aryl methyl sites for hydroxylation is 4. The van der Waals surface area contributed by atoms with Gasteiger partial charge in [0.25, 0.3) is 0 Å². The first-order chi connectivity index (χ1) is 24.9. The summed E-state index contributed by atoms with van der Waals surface area (Å²) in [7, 11) is 0. The van der Waals surface area contributed by atoms with E-state index in [0.717, 1.165) is 25.7 Å². The number of nitrogens with zero attached hydrogens (tertiary/aromatic N) is 4. The molecule has 0 N–H and O–H groups in total. The fourth-order valence-electron chi connectivity index (χ4n) is 8.28. The van der Waals surface area contributed by atoms with Crippen molar-refractivity contribution in [3.8, 4) is 33.4 Å². The van der Waals surface area contributed by atoms with Gasteiger partial charge in [-0.1, -0.05) is 143 Å². The fraction of sp³-hybridized carbons (Fsp3) is 0.574. The topological polar surface area (TPSA) is 51.6 Å². The van der Waals surface area contributed by atoms with Crippen LogP contribution in [-0.2, 0) is 31.1 Å². The van der Waals surface area contributed by atoms with E-state index < -0.39 is 0 Å². The summed E-state index contributed by atoms with van der Waals surface area (Å²) >= 11 is 0. The Hall–Kier alpha value is -3.40. The van der Waals surface area contributed by atoms with E-state index in [1.165, 1.54) is 170 Å². The zero-order valence-electron chi connectivity index (χ0n) is 33.0. The molecule has 0 fully saturated rings. The fourth-order valence-corrected chi connectivity index (χ4v) is 8.28. The molecule has 0 saturated heterocycles. The van der Waals surface area contributed by atoms with Gasteiger partial charge in [-0.25, -0.2) is 19.9 Å². The molecule has 0 atom stereocenters. The van der Waals surface area contributed by atoms with Gasteiger partial charge in [-0.2, -0.15) is 0 Å². The predicted octanol–water partition coefficient (Wildman–Crippen LogP) is 13.4. The molecular formula is C47H66N4. The van der Waals surface area contributed by atoms with E-state index in [1.807, 2.05) is 12.7 Å². The third-order valence-corrected chi connectivity index (χ3v) is 11.3. The molecule has 0 spiro atoms. The molecule has 5 rings (SSSR count). The maximum Gasteiger partial charge on any atom is 0.115 e. The molecule has 1 aliphatic carbocycles. The van der Waals surface area contributed by atoms with Crippen molar-refractivity contribution in [2.75, 3.05) is 0 Å². The van der Waals surface area contributed by atoms with Crippen LogP contribution in [0.3, 0.4) is 0 Å². The highest BCUT2D eigenvalue weighted by molar-refractivity contribution is 5.86. The molecule has 2 aromatic heterocycles. The lowest BCUT2D eigenvalue weighted by atomic mass is 9.80. The molecule has 51 heavy (non-hydrogen) atoms. The van der Waals surface area contributed by atoms with Gasteiger partial charge in [-0.15, -0.1) is 0 Å². The van der Waals surface area contributed by atoms with E-state index >= 15 is 0 Å². The van der Waals surface area contributed by atoms with Crippen molar-refractivity contribution in [3.63, 3.8) is 0 Å². The summed E-state index contributed by atoms with van der Waals surface area (Å²) in [4.78, 5) is 19.7. The average molecular weight is 687 g/mol. The average Bonchev–Trinajstić information content (AvgIpc) is 3.37. The third kappa shape index (κ3) is 9.53. The Morgan fingerprint density at radius 1 is 0.412 bits per heavy atom. The third-order valence-electron chi connectivity index (χ3n) is 11.3. The second-order valence-corrected chi connectivity index (χ2v) is 15.7. The first kappa shape index (κ1) is 38.8. The van der Waals surface area contributed by atoms with Gasteiger partial charge in [0.1, 0.15) is 12.7 Å². The minimum Gasteiger partial charge on any atom is -0.241 e. The largest absolute Gasteiger partial charge is 0.241 e. The van der Waals surface area contributed by atoms with Crippen molar-refractivity contribution >= 4 is 0 Å². The molecule has 274 valence electrons. The van der Waals surface area contributed by atoms with Gasteiger partial charge in [0.15, 0.2) is 0 Å². The number of fused-ring (bicyclic) bond motifs is 3. The minimum absolute atomic E-state index is 0.132. The van der Waals surface area contributed by atoms with Crippen LogP contribution < -0.4 is 0 Å². The Balaban J connectivity index is 1.52. The Labute approximate surface area is 310 Å². The molecule has 1 aliphatic rings. The number of rotatable bonds is 22. The lowest BCUT2D eigenvalue weighted by molar-refractivity contribution is 0.650. The van der Waals surface area contributed by atoms with E-state index in [4.69, 9.17) is 19.9 Å². The van der Waals surface area contributed by atoms with Crippen LogP contribution in [0.15, 0.2) is 49.1 Å². The molecule has 0 aliphatic heterocycles. The molecule has 4 nitrogen and oxygen atoms in total. The van der Waals surface area contributed by atoms with E-state index in [0.29, 0.717) is 0 Å². The van der Waals surface area contributed by atoms with Crippen LogP contribution in [0.5, 0.6) is 0 Å². The molecule has 4 heteroatoms. The van der Waals surface area contributed by atoms with Gasteiger partial charge in [-0.05, 0) is 96.9 Å². The Morgan fingerprint density at radius 2 is 0.725 bits per heavy atom. The van der Waals surface area contributed by atoms with Gasteiger partial charge in [0.05, 0.1) is 22.8 Å². The monoisotopic (exact) mass is 687 g/mol. The maximum absolute atomic E-state index is 4.93. The molecule has 0 saturated carbocycles. The summed E-state index contributed by atoms with van der Waals surface area (Å²) < 4.78 is 0. The smallest absolute Gasteiger partial charge is 0.115 e. The highest BCUT2D eigenvalue weighted by Gasteiger charge is 2.36. The summed E-state index contributed by atoms with van der Waals surface area (Å²) in [6.07, 6.45) is 27.6. The number of benzene rings is 2. The molecular weight excluding hydrogens is 621 g/mol. The van der Waals surface area contributed by atoms with E-state index in [9.17, 15) is 0 Å². The second-order valence-electron chi connectivity index (χ2n) is 15.7. The molecule has 0 unspecified atom stereocenters. The second kappa shape index (κ2) is 19.4. The number of hydrogen-bond acceptors (Lipinski definition) is 4. The molecule has 0 bridgehead atoms. The summed E-state index contributed by atoms with van der Waals surface area (Å²) in [5, 5.41) is 0. The van der Waals surface area contributed by atoms with Gasteiger partial charge < -0.3 is 0 Å². The van der Waals surface area contributed by atoms with Crippen LogP contribution >= 0.6 is 0 Å². The van der Waals surface area contributed by atoms with Crippen molar-refractivity contribution in [3.05, 3.63) is 83.0 Å². The Morgan fingerprint density at radius 3 is 1.02 bits per heavy atom. The molecule has 0 amide bonds. The number of aromatic nitrogens is 4. The lowest BCUT2D eigenvalue weighted by Gasteiger charge is -2.23. The van der Waals surface area contributed by atoms with Crippen molar-refractivity contribution < 1.29 is 0 Å². The van der Waals surface area contributed by atoms with Crippen LogP contribution in [0, 0.1) is 0 Å². The van der Waals surface area contributed by atoms with Crippen molar-refractivity contribution in [1.29, 1.82) is 0 Å². The van der Waals surface area contributed by atoms with Crippen molar-refractivity contribution in [2.45, 2.75) is 175 Å². The standard InChI is InChI=1S/C47H66N4/c1-7-11-15-19-23-41-45(42(49-33-48-41)24-20-16-12-8-2)35-27-29-37-38-30-28-36(32-40(38)47(5,6)39(37)31-35)46-43(25-21-17-13-9-3)50-34-51-44(46)26-22-18-14-10-4/h27-34H,7-26H2,1-6H3. The van der Waals surface area contributed by atoms with Crippen LogP contribution in [-0.4, -0.2) is 19.9 Å². The lowest BCUT2D eigenvalue weighted by Crippen LogP contribution is -2.15. The van der Waals surface area contributed by atoms with Crippen LogP contribution in [0.2, 0.25) is 0 Å². The Bertz CT molecular complexity index is 1500. The van der Waals surface area contributed by atoms with Crippen LogP contribution in [0.1, 0.15) is 178 Å². The summed E-state index contributed by atoms with van der Waals surface area (Å²) in [5.74, 6) is 0. The number of unbranched alkanes of at least 4 members (excludes halogenated alkanes) is 12. The SMILES string of the molecule is CCCCCCc1ncnc(CCCCCC)c1-c1ccc2c(c1)C(C)(C)c1cc(-c3c(CCCCCC)ncnc3CCCCCC)ccc1-2. The summed E-state index contributed by atoms with van der Waals surface area (Å²) in [5.41, 5.74) is 15.5. The van der Waals surface area contributed by atoms with Crippen LogP contribution in [0.25, 0.3) is 33.4 Å². The van der Waals surface area contributed by atoms with Gasteiger partial charge in [0.2, 0.25) is 0 Å². The normalized spacial score (nSPS) is 13.1. The van der Waals surface area contributed by atoms with E-state index in [-0.39, 0.29) is 5.41 Å². The predicted molar refractivity (Wildman–Crippen MR) is 217 cm³/mol. The maximum atomic E-state index is 4.93. The number of hydrogen-bond donors (Lipinski definition) is 0. The summed E-state index contributed by atoms with van der Waals surface area (Å²) in [6.45, 7) is 14.0. The van der Waals surface area contributed by atoms with Crippen molar-refractivity contribution in [1.82, 2.24) is 19.9 Å². The van der Waals surface area contributed by atoms with Gasteiger partial charge in [-0.3, -0.25) is 0 Å². The van der Waals surface area contributed by atoms with Crippen LogP contribution in [0.4, 0.5) is 0 Å². The zero-order valence-corrected chi connectivity index (χ0v) is 33.0. The zero-order chi connectivity index (χ0) is 36.1. The quantitative estimate of drug-likeness (QED) is 0.0772. The molecule has 2 heterocycles. The first-order valence-electron chi connectivity index (χ1n) is 20.9.